The van der Waals surface area contributed by atoms with Crippen molar-refractivity contribution in [1.29, 1.82) is 0 Å². The zero-order valence-electron chi connectivity index (χ0n) is 10.4. The van der Waals surface area contributed by atoms with Crippen LogP contribution in [0.1, 0.15) is 23.7 Å². The number of piperidine rings is 1. The Balaban J connectivity index is 2.22. The fourth-order valence-corrected chi connectivity index (χ4v) is 2.78. The molecule has 2 rings (SSSR count). The molecular formula is C13H14Cl2N2O2. The summed E-state index contributed by atoms with van der Waals surface area (Å²) in [5.41, 5.74) is 1.05. The molecular weight excluding hydrogens is 287 g/mol. The molecule has 1 unspecified atom stereocenters. The Bertz CT molecular complexity index is 511. The van der Waals surface area contributed by atoms with Crippen LogP contribution in [0, 0.1) is 5.92 Å². The number of nitrogens with zero attached hydrogens (tertiary/aromatic N) is 2. The monoisotopic (exact) mass is 300 g/mol. The van der Waals surface area contributed by atoms with Gasteiger partial charge >= 0.3 is 0 Å². The fraction of sp³-hybridized carbons (Fsp3) is 0.385. The van der Waals surface area contributed by atoms with E-state index in [0.29, 0.717) is 40.8 Å². The number of rotatable bonds is 1. The number of halogens is 2. The highest BCUT2D eigenvalue weighted by molar-refractivity contribution is 6.39. The minimum absolute atomic E-state index is 0.0314. The van der Waals surface area contributed by atoms with Gasteiger partial charge in [0.15, 0.2) is 0 Å². The van der Waals surface area contributed by atoms with E-state index in [0.717, 1.165) is 0 Å². The van der Waals surface area contributed by atoms with Crippen molar-refractivity contribution in [2.24, 2.45) is 11.1 Å². The van der Waals surface area contributed by atoms with E-state index in [1.54, 1.807) is 23.1 Å². The standard InChI is InChI=1S/C13H14Cl2N2O2/c1-8-7-17(6-5-11(8)16-19)13(18)12-9(14)3-2-4-10(12)15/h2-4,8,19H,5-7H2,1H3/b16-11+. The lowest BCUT2D eigenvalue weighted by Gasteiger charge is -2.31. The first kappa shape index (κ1) is 14.2. The third-order valence-electron chi connectivity index (χ3n) is 3.29. The van der Waals surface area contributed by atoms with Gasteiger partial charge in [-0.1, -0.05) is 41.3 Å². The van der Waals surface area contributed by atoms with Crippen LogP contribution < -0.4 is 0 Å². The van der Waals surface area contributed by atoms with Gasteiger partial charge in [-0.2, -0.15) is 0 Å². The number of benzene rings is 1. The van der Waals surface area contributed by atoms with E-state index in [4.69, 9.17) is 28.4 Å². The second-order valence-electron chi connectivity index (χ2n) is 4.59. The third-order valence-corrected chi connectivity index (χ3v) is 3.92. The predicted octanol–water partition coefficient (Wildman–Crippen LogP) is 3.31. The SMILES string of the molecule is CC1CN(C(=O)c2c(Cl)cccc2Cl)CC/C1=N\O. The van der Waals surface area contributed by atoms with E-state index in [2.05, 4.69) is 5.16 Å². The predicted molar refractivity (Wildman–Crippen MR) is 75.4 cm³/mol. The van der Waals surface area contributed by atoms with E-state index < -0.39 is 0 Å². The largest absolute Gasteiger partial charge is 0.411 e. The molecule has 0 spiro atoms. The summed E-state index contributed by atoms with van der Waals surface area (Å²) in [6.45, 7) is 2.92. The molecule has 102 valence electrons. The van der Waals surface area contributed by atoms with Crippen LogP contribution in [0.2, 0.25) is 10.0 Å². The van der Waals surface area contributed by atoms with Gasteiger partial charge in [-0.15, -0.1) is 0 Å². The van der Waals surface area contributed by atoms with Crippen molar-refractivity contribution < 1.29 is 10.0 Å². The molecule has 1 fully saturated rings. The van der Waals surface area contributed by atoms with Gasteiger partial charge in [-0.3, -0.25) is 4.79 Å². The molecule has 0 saturated carbocycles. The number of hydrogen-bond acceptors (Lipinski definition) is 3. The van der Waals surface area contributed by atoms with Crippen molar-refractivity contribution >= 4 is 34.8 Å². The molecule has 1 amide bonds. The van der Waals surface area contributed by atoms with Crippen LogP contribution in [-0.4, -0.2) is 34.8 Å². The molecule has 0 bridgehead atoms. The maximum absolute atomic E-state index is 12.4. The number of amides is 1. The molecule has 4 nitrogen and oxygen atoms in total. The minimum Gasteiger partial charge on any atom is -0.411 e. The van der Waals surface area contributed by atoms with Crippen molar-refractivity contribution in [3.8, 4) is 0 Å². The Morgan fingerprint density at radius 3 is 2.58 bits per heavy atom. The molecule has 1 N–H and O–H groups in total. The molecule has 1 aromatic carbocycles. The highest BCUT2D eigenvalue weighted by Crippen LogP contribution is 2.27. The Labute approximate surface area is 121 Å². The van der Waals surface area contributed by atoms with Crippen molar-refractivity contribution in [2.45, 2.75) is 13.3 Å². The number of hydrogen-bond donors (Lipinski definition) is 1. The van der Waals surface area contributed by atoms with Gasteiger partial charge in [0.25, 0.3) is 5.91 Å². The summed E-state index contributed by atoms with van der Waals surface area (Å²) in [5, 5.41) is 12.8. The normalized spacial score (nSPS) is 21.7. The first-order valence-electron chi connectivity index (χ1n) is 5.98. The molecule has 0 radical (unpaired) electrons. The zero-order valence-corrected chi connectivity index (χ0v) is 11.9. The van der Waals surface area contributed by atoms with Gasteiger partial charge in [-0.25, -0.2) is 0 Å². The van der Waals surface area contributed by atoms with Crippen LogP contribution in [0.4, 0.5) is 0 Å². The zero-order chi connectivity index (χ0) is 14.0. The number of carbonyl (C=O) groups excluding carboxylic acids is 1. The molecule has 19 heavy (non-hydrogen) atoms. The maximum Gasteiger partial charge on any atom is 0.256 e. The Morgan fingerprint density at radius 2 is 2.05 bits per heavy atom. The van der Waals surface area contributed by atoms with Gasteiger partial charge < -0.3 is 10.1 Å². The fourth-order valence-electron chi connectivity index (χ4n) is 2.22. The number of likely N-dealkylation sites (tertiary alicyclic amines) is 1. The molecule has 1 saturated heterocycles. The second kappa shape index (κ2) is 5.80. The van der Waals surface area contributed by atoms with Gasteiger partial charge in [0.2, 0.25) is 0 Å². The summed E-state index contributed by atoms with van der Waals surface area (Å²) in [6, 6.07) is 5.00. The van der Waals surface area contributed by atoms with Crippen molar-refractivity contribution in [2.75, 3.05) is 13.1 Å². The second-order valence-corrected chi connectivity index (χ2v) is 5.40. The molecule has 1 aliphatic rings. The molecule has 1 aliphatic heterocycles. The maximum atomic E-state index is 12.4. The number of carbonyl (C=O) groups is 1. The average molecular weight is 301 g/mol. The van der Waals surface area contributed by atoms with Gasteiger partial charge in [0.05, 0.1) is 21.3 Å². The van der Waals surface area contributed by atoms with Crippen LogP contribution >= 0.6 is 23.2 Å². The van der Waals surface area contributed by atoms with Crippen molar-refractivity contribution in [3.05, 3.63) is 33.8 Å². The van der Waals surface area contributed by atoms with Crippen LogP contribution in [-0.2, 0) is 0 Å². The third kappa shape index (κ3) is 2.85. The summed E-state index contributed by atoms with van der Waals surface area (Å²) < 4.78 is 0. The van der Waals surface area contributed by atoms with Crippen LogP contribution in [0.5, 0.6) is 0 Å². The van der Waals surface area contributed by atoms with Crippen LogP contribution in [0.15, 0.2) is 23.4 Å². The lowest BCUT2D eigenvalue weighted by atomic mass is 9.97. The van der Waals surface area contributed by atoms with Gasteiger partial charge in [0.1, 0.15) is 0 Å². The summed E-state index contributed by atoms with van der Waals surface area (Å²) >= 11 is 12.1. The number of oxime groups is 1. The molecule has 1 heterocycles. The minimum atomic E-state index is -0.181. The average Bonchev–Trinajstić information content (AvgIpc) is 2.38. The van der Waals surface area contributed by atoms with Gasteiger partial charge in [-0.05, 0) is 12.1 Å². The first-order valence-corrected chi connectivity index (χ1v) is 6.74. The Kier molecular flexibility index (Phi) is 4.32. The molecule has 1 atom stereocenters. The quantitative estimate of drug-likeness (QED) is 0.639. The van der Waals surface area contributed by atoms with E-state index >= 15 is 0 Å². The van der Waals surface area contributed by atoms with E-state index in [9.17, 15) is 4.79 Å². The first-order chi connectivity index (χ1) is 9.04. The van der Waals surface area contributed by atoms with Crippen LogP contribution in [0.25, 0.3) is 0 Å². The molecule has 0 aliphatic carbocycles. The van der Waals surface area contributed by atoms with E-state index in [1.807, 2.05) is 6.92 Å². The van der Waals surface area contributed by atoms with E-state index in [1.165, 1.54) is 0 Å². The summed E-state index contributed by atoms with van der Waals surface area (Å²) in [4.78, 5) is 14.1. The van der Waals surface area contributed by atoms with E-state index in [-0.39, 0.29) is 11.8 Å². The topological polar surface area (TPSA) is 52.9 Å². The summed E-state index contributed by atoms with van der Waals surface area (Å²) in [5.74, 6) is -0.150. The Hall–Kier alpha value is -1.26. The summed E-state index contributed by atoms with van der Waals surface area (Å²) in [7, 11) is 0. The summed E-state index contributed by atoms with van der Waals surface area (Å²) in [6.07, 6.45) is 0.561. The highest BCUT2D eigenvalue weighted by atomic mass is 35.5. The lowest BCUT2D eigenvalue weighted by Crippen LogP contribution is -2.43. The smallest absolute Gasteiger partial charge is 0.256 e. The Morgan fingerprint density at radius 1 is 1.42 bits per heavy atom. The van der Waals surface area contributed by atoms with Crippen LogP contribution in [0.3, 0.4) is 0 Å². The lowest BCUT2D eigenvalue weighted by molar-refractivity contribution is 0.0734. The molecule has 0 aromatic heterocycles. The molecule has 1 aromatic rings. The molecule has 6 heteroatoms. The van der Waals surface area contributed by atoms with Gasteiger partial charge in [0, 0.05) is 25.4 Å². The highest BCUT2D eigenvalue weighted by Gasteiger charge is 2.28. The van der Waals surface area contributed by atoms with Crippen molar-refractivity contribution in [1.82, 2.24) is 4.90 Å². The van der Waals surface area contributed by atoms with Crippen molar-refractivity contribution in [3.63, 3.8) is 0 Å².